The van der Waals surface area contributed by atoms with Crippen molar-refractivity contribution in [3.8, 4) is 0 Å². The van der Waals surface area contributed by atoms with E-state index in [-0.39, 0.29) is 0 Å². The summed E-state index contributed by atoms with van der Waals surface area (Å²) in [5.74, 6) is 0. The van der Waals surface area contributed by atoms with E-state index in [1.54, 1.807) is 42.2 Å². The molecule has 0 aromatic heterocycles. The molecular formula is C20H22N4O2S3. The van der Waals surface area contributed by atoms with Gasteiger partial charge in [0.05, 0.1) is 11.0 Å². The van der Waals surface area contributed by atoms with Crippen LogP contribution in [0.4, 0.5) is 10.5 Å². The summed E-state index contributed by atoms with van der Waals surface area (Å²) in [5.41, 5.74) is 1.49. The predicted octanol–water partition coefficient (Wildman–Crippen LogP) is 5.10. The van der Waals surface area contributed by atoms with Crippen molar-refractivity contribution in [2.24, 2.45) is 5.10 Å². The van der Waals surface area contributed by atoms with Gasteiger partial charge in [-0.15, -0.1) is 11.8 Å². The topological polar surface area (TPSA) is 68.2 Å². The lowest BCUT2D eigenvalue weighted by Crippen LogP contribution is -2.54. The lowest BCUT2D eigenvalue weighted by Gasteiger charge is -2.34. The molecule has 0 aliphatic carbocycles. The summed E-state index contributed by atoms with van der Waals surface area (Å²) in [6.07, 6.45) is 2.94. The molecule has 29 heavy (non-hydrogen) atoms. The highest BCUT2D eigenvalue weighted by Crippen LogP contribution is 2.42. The van der Waals surface area contributed by atoms with Crippen molar-refractivity contribution in [3.63, 3.8) is 0 Å². The number of carbonyl (C=O) groups is 1. The minimum absolute atomic E-state index is 0.489. The van der Waals surface area contributed by atoms with Crippen LogP contribution in [0.1, 0.15) is 19.4 Å². The van der Waals surface area contributed by atoms with E-state index in [1.807, 2.05) is 50.4 Å². The quantitative estimate of drug-likeness (QED) is 0.219. The molecule has 0 spiro atoms. The normalized spacial score (nSPS) is 18.3. The van der Waals surface area contributed by atoms with Crippen molar-refractivity contribution >= 4 is 58.0 Å². The second kappa shape index (κ2) is 9.17. The third-order valence-corrected chi connectivity index (χ3v) is 6.58. The average molecular weight is 447 g/mol. The number of urea groups is 1. The molecule has 152 valence electrons. The van der Waals surface area contributed by atoms with Crippen LogP contribution in [-0.2, 0) is 0 Å². The van der Waals surface area contributed by atoms with Gasteiger partial charge in [0.25, 0.3) is 0 Å². The molecule has 0 radical (unpaired) electrons. The molecule has 2 aromatic carbocycles. The van der Waals surface area contributed by atoms with Crippen LogP contribution >= 0.6 is 35.7 Å². The van der Waals surface area contributed by atoms with Gasteiger partial charge < -0.3 is 5.32 Å². The van der Waals surface area contributed by atoms with Crippen LogP contribution in [0, 0.1) is 0 Å². The van der Waals surface area contributed by atoms with Crippen molar-refractivity contribution < 1.29 is 10.0 Å². The number of anilines is 1. The Balaban J connectivity index is 1.80. The number of thiocarbonyl (C=S) groups is 1. The smallest absolute Gasteiger partial charge is 0.306 e. The Hall–Kier alpha value is -2.07. The lowest BCUT2D eigenvalue weighted by atomic mass is 10.1. The number of nitrogens with one attached hydrogen (secondary N) is 1. The molecule has 1 saturated heterocycles. The molecule has 2 aromatic rings. The van der Waals surface area contributed by atoms with E-state index in [0.717, 1.165) is 10.5 Å². The number of para-hydroxylation sites is 1. The maximum absolute atomic E-state index is 12.6. The largest absolute Gasteiger partial charge is 0.347 e. The van der Waals surface area contributed by atoms with Crippen molar-refractivity contribution in [2.75, 3.05) is 11.6 Å². The molecule has 6 nitrogen and oxygen atoms in total. The summed E-state index contributed by atoms with van der Waals surface area (Å²) in [4.78, 5) is 13.8. The van der Waals surface area contributed by atoms with Gasteiger partial charge in [-0.3, -0.25) is 5.21 Å². The molecular weight excluding hydrogens is 424 g/mol. The predicted molar refractivity (Wildman–Crippen MR) is 125 cm³/mol. The summed E-state index contributed by atoms with van der Waals surface area (Å²) >= 11 is 8.52. The minimum atomic E-state index is -0.759. The fraction of sp³-hybridized carbons (Fsp3) is 0.250. The molecule has 3 rings (SSSR count). The third-order valence-electron chi connectivity index (χ3n) is 4.30. The molecule has 1 aliphatic rings. The Bertz CT molecular complexity index is 904. The van der Waals surface area contributed by atoms with E-state index in [9.17, 15) is 10.0 Å². The number of hydrazone groups is 1. The Morgan fingerprint density at radius 1 is 1.28 bits per heavy atom. The minimum Gasteiger partial charge on any atom is -0.306 e. The highest BCUT2D eigenvalue weighted by atomic mass is 32.2. The van der Waals surface area contributed by atoms with E-state index < -0.39 is 16.9 Å². The van der Waals surface area contributed by atoms with E-state index >= 15 is 0 Å². The van der Waals surface area contributed by atoms with E-state index in [4.69, 9.17) is 12.2 Å². The summed E-state index contributed by atoms with van der Waals surface area (Å²) in [7, 11) is 0. The Kier molecular flexibility index (Phi) is 6.84. The van der Waals surface area contributed by atoms with Crippen LogP contribution in [0.25, 0.3) is 0 Å². The zero-order chi connectivity index (χ0) is 21.0. The maximum Gasteiger partial charge on any atom is 0.347 e. The summed E-state index contributed by atoms with van der Waals surface area (Å²) in [6, 6.07) is 16.3. The van der Waals surface area contributed by atoms with Crippen LogP contribution in [0.15, 0.2) is 64.6 Å². The molecule has 1 atom stereocenters. The van der Waals surface area contributed by atoms with Gasteiger partial charge >= 0.3 is 6.03 Å². The van der Waals surface area contributed by atoms with E-state index in [2.05, 4.69) is 10.4 Å². The first kappa shape index (κ1) is 21.6. The van der Waals surface area contributed by atoms with Crippen LogP contribution < -0.4 is 5.32 Å². The third kappa shape index (κ3) is 5.11. The number of rotatable bonds is 5. The number of carbonyl (C=O) groups excluding carboxylic acids is 1. The van der Waals surface area contributed by atoms with Gasteiger partial charge in [0.15, 0.2) is 10.5 Å². The van der Waals surface area contributed by atoms with Gasteiger partial charge in [0, 0.05) is 10.6 Å². The zero-order valence-corrected chi connectivity index (χ0v) is 18.7. The summed E-state index contributed by atoms with van der Waals surface area (Å²) < 4.78 is -0.0663. The van der Waals surface area contributed by atoms with Gasteiger partial charge in [0.2, 0.25) is 0 Å². The first-order valence-electron chi connectivity index (χ1n) is 8.86. The Morgan fingerprint density at radius 2 is 1.93 bits per heavy atom. The molecule has 2 amide bonds. The highest BCUT2D eigenvalue weighted by molar-refractivity contribution is 8.24. The fourth-order valence-corrected chi connectivity index (χ4v) is 5.05. The Morgan fingerprint density at radius 3 is 2.55 bits per heavy atom. The lowest BCUT2D eigenvalue weighted by molar-refractivity contribution is -0.114. The summed E-state index contributed by atoms with van der Waals surface area (Å²) in [5, 5.41) is 20.0. The molecule has 1 fully saturated rings. The second-order valence-corrected chi connectivity index (χ2v) is 10.0. The standard InChI is InChI=1S/C20H22N4O2S3/c1-20(2)17(24(26)18(25)22-15-7-5-4-6-8-15)23(19(27)29-20)21-13-14-9-11-16(28-3)12-10-14/h4-13,17,26H,1-3H3,(H,22,25)/b21-13+. The van der Waals surface area contributed by atoms with Crippen LogP contribution in [0.5, 0.6) is 0 Å². The number of thioether (sulfide) groups is 2. The molecule has 0 bridgehead atoms. The zero-order valence-electron chi connectivity index (χ0n) is 16.3. The second-order valence-electron chi connectivity index (χ2n) is 6.85. The number of nitrogens with zero attached hydrogens (tertiary/aromatic N) is 3. The molecule has 9 heteroatoms. The van der Waals surface area contributed by atoms with E-state index in [0.29, 0.717) is 15.1 Å². The van der Waals surface area contributed by atoms with Crippen LogP contribution in [0.2, 0.25) is 0 Å². The van der Waals surface area contributed by atoms with Gasteiger partial charge in [-0.25, -0.2) is 9.80 Å². The van der Waals surface area contributed by atoms with Crippen molar-refractivity contribution in [3.05, 3.63) is 60.2 Å². The fourth-order valence-electron chi connectivity index (χ4n) is 2.86. The van der Waals surface area contributed by atoms with E-state index in [1.165, 1.54) is 16.8 Å². The monoisotopic (exact) mass is 446 g/mol. The molecule has 1 aliphatic heterocycles. The van der Waals surface area contributed by atoms with Gasteiger partial charge in [0.1, 0.15) is 0 Å². The summed E-state index contributed by atoms with van der Waals surface area (Å²) in [6.45, 7) is 3.83. The molecule has 0 saturated carbocycles. The number of amides is 2. The van der Waals surface area contributed by atoms with Gasteiger partial charge in [-0.1, -0.05) is 54.3 Å². The van der Waals surface area contributed by atoms with Crippen molar-refractivity contribution in [1.29, 1.82) is 0 Å². The number of hydrogen-bond donors (Lipinski definition) is 2. The maximum atomic E-state index is 12.6. The number of hydroxylamine groups is 2. The number of hydrogen-bond acceptors (Lipinski definition) is 6. The molecule has 2 N–H and O–H groups in total. The van der Waals surface area contributed by atoms with Crippen LogP contribution in [0.3, 0.4) is 0 Å². The Labute approximate surface area is 184 Å². The first-order chi connectivity index (χ1) is 13.8. The molecule has 1 heterocycles. The highest BCUT2D eigenvalue weighted by Gasteiger charge is 2.50. The van der Waals surface area contributed by atoms with Crippen LogP contribution in [-0.4, -0.2) is 49.0 Å². The SMILES string of the molecule is CSc1ccc(/C=N/N2C(=S)SC(C)(C)C2N(O)C(=O)Nc2ccccc2)cc1. The van der Waals surface area contributed by atoms with Gasteiger partial charge in [-0.2, -0.15) is 10.2 Å². The number of benzene rings is 2. The van der Waals surface area contributed by atoms with Crippen molar-refractivity contribution in [2.45, 2.75) is 29.7 Å². The average Bonchev–Trinajstić information content (AvgIpc) is 2.94. The molecule has 1 unspecified atom stereocenters. The van der Waals surface area contributed by atoms with Gasteiger partial charge in [-0.05, 0) is 49.9 Å². The first-order valence-corrected chi connectivity index (χ1v) is 11.3. The van der Waals surface area contributed by atoms with Crippen molar-refractivity contribution in [1.82, 2.24) is 10.1 Å².